The number of fused-ring (bicyclic) bond motifs is 2. The van der Waals surface area contributed by atoms with Crippen LogP contribution < -0.4 is 4.74 Å². The molecule has 1 fully saturated rings. The minimum Gasteiger partial charge on any atom is -0.490 e. The lowest BCUT2D eigenvalue weighted by atomic mass is 9.86. The number of halogens is 1. The molecule has 1 aliphatic heterocycles. The number of hydrogen-bond acceptors (Lipinski definition) is 3. The van der Waals surface area contributed by atoms with E-state index in [1.54, 1.807) is 0 Å². The van der Waals surface area contributed by atoms with Crippen molar-refractivity contribution in [1.82, 2.24) is 0 Å². The lowest BCUT2D eigenvalue weighted by Crippen LogP contribution is -2.36. The average molecular weight is 337 g/mol. The lowest BCUT2D eigenvalue weighted by molar-refractivity contribution is -0.161. The fourth-order valence-corrected chi connectivity index (χ4v) is 3.84. The van der Waals surface area contributed by atoms with Gasteiger partial charge in [-0.15, -0.1) is 0 Å². The van der Waals surface area contributed by atoms with Crippen molar-refractivity contribution in [2.45, 2.75) is 64.6 Å². The second-order valence-electron chi connectivity index (χ2n) is 7.77. The Bertz CT molecular complexity index is 591. The number of carbonyl (C=O) groups is 1. The van der Waals surface area contributed by atoms with E-state index in [1.807, 2.05) is 39.0 Å². The van der Waals surface area contributed by atoms with Crippen molar-refractivity contribution in [3.8, 4) is 5.75 Å². The highest BCUT2D eigenvalue weighted by Crippen LogP contribution is 2.40. The molecule has 1 aliphatic carbocycles. The molecule has 23 heavy (non-hydrogen) atoms. The Labute approximate surface area is 143 Å². The van der Waals surface area contributed by atoms with Gasteiger partial charge in [-0.05, 0) is 70.2 Å². The van der Waals surface area contributed by atoms with Gasteiger partial charge in [0.15, 0.2) is 0 Å². The Kier molecular flexibility index (Phi) is 4.59. The summed E-state index contributed by atoms with van der Waals surface area (Å²) in [6, 6.07) is 5.81. The Balaban J connectivity index is 1.73. The summed E-state index contributed by atoms with van der Waals surface area (Å²) in [5, 5.41) is 0.756. The largest absolute Gasteiger partial charge is 0.490 e. The molecule has 0 bridgehead atoms. The average Bonchev–Trinajstić information content (AvgIpc) is 2.65. The first-order chi connectivity index (χ1) is 10.8. The van der Waals surface area contributed by atoms with Gasteiger partial charge < -0.3 is 9.47 Å². The van der Waals surface area contributed by atoms with Gasteiger partial charge in [-0.3, -0.25) is 4.79 Å². The Morgan fingerprint density at radius 1 is 1.30 bits per heavy atom. The molecule has 0 aromatic heterocycles. The van der Waals surface area contributed by atoms with Crippen LogP contribution in [-0.4, -0.2) is 17.7 Å². The first-order valence-electron chi connectivity index (χ1n) is 8.50. The molecule has 3 rings (SSSR count). The van der Waals surface area contributed by atoms with Crippen LogP contribution in [0.1, 0.15) is 52.0 Å². The van der Waals surface area contributed by atoms with E-state index in [0.29, 0.717) is 5.92 Å². The number of carbonyl (C=O) groups excluding carboxylic acids is 1. The Morgan fingerprint density at radius 2 is 2.09 bits per heavy atom. The van der Waals surface area contributed by atoms with Crippen LogP contribution in [0.5, 0.6) is 5.75 Å². The zero-order valence-electron chi connectivity index (χ0n) is 14.1. The van der Waals surface area contributed by atoms with E-state index in [2.05, 4.69) is 0 Å². The molecule has 1 unspecified atom stereocenters. The third-order valence-electron chi connectivity index (χ3n) is 4.69. The van der Waals surface area contributed by atoms with Crippen LogP contribution in [0.4, 0.5) is 0 Å². The number of hydrogen-bond donors (Lipinski definition) is 0. The zero-order chi connectivity index (χ0) is 16.6. The fourth-order valence-electron chi connectivity index (χ4n) is 3.65. The second kappa shape index (κ2) is 6.35. The van der Waals surface area contributed by atoms with Gasteiger partial charge in [0.1, 0.15) is 17.5 Å². The van der Waals surface area contributed by atoms with Gasteiger partial charge in [0.2, 0.25) is 0 Å². The molecule has 2 aliphatic rings. The fraction of sp³-hybridized carbons (Fsp3) is 0.632. The zero-order valence-corrected chi connectivity index (χ0v) is 14.9. The van der Waals surface area contributed by atoms with E-state index in [9.17, 15) is 4.79 Å². The van der Waals surface area contributed by atoms with Gasteiger partial charge in [-0.25, -0.2) is 0 Å². The maximum atomic E-state index is 12.4. The molecule has 0 N–H and O–H groups in total. The van der Waals surface area contributed by atoms with E-state index < -0.39 is 5.60 Å². The molecule has 3 nitrogen and oxygen atoms in total. The molecule has 4 heteroatoms. The maximum absolute atomic E-state index is 12.4. The third-order valence-corrected chi connectivity index (χ3v) is 4.93. The van der Waals surface area contributed by atoms with Crippen LogP contribution in [0.25, 0.3) is 0 Å². The first kappa shape index (κ1) is 16.6. The number of esters is 1. The topological polar surface area (TPSA) is 35.5 Å². The minimum atomic E-state index is -0.431. The predicted octanol–water partition coefficient (Wildman–Crippen LogP) is 4.79. The van der Waals surface area contributed by atoms with Gasteiger partial charge in [-0.1, -0.05) is 18.0 Å². The van der Waals surface area contributed by atoms with Crippen LogP contribution in [-0.2, 0) is 16.0 Å². The molecule has 126 valence electrons. The van der Waals surface area contributed by atoms with Crippen molar-refractivity contribution in [3.05, 3.63) is 28.8 Å². The van der Waals surface area contributed by atoms with Crippen molar-refractivity contribution >= 4 is 17.6 Å². The van der Waals surface area contributed by atoms with Crippen molar-refractivity contribution in [3.63, 3.8) is 0 Å². The molecular weight excluding hydrogens is 312 g/mol. The van der Waals surface area contributed by atoms with Gasteiger partial charge in [-0.2, -0.15) is 0 Å². The van der Waals surface area contributed by atoms with Crippen molar-refractivity contribution in [2.24, 2.45) is 11.8 Å². The molecule has 0 spiro atoms. The summed E-state index contributed by atoms with van der Waals surface area (Å²) in [6.07, 6.45) is 4.87. The summed E-state index contributed by atoms with van der Waals surface area (Å²) >= 11 is 6.09. The van der Waals surface area contributed by atoms with Crippen molar-refractivity contribution < 1.29 is 14.3 Å². The highest BCUT2D eigenvalue weighted by Gasteiger charge is 2.37. The van der Waals surface area contributed by atoms with Gasteiger partial charge >= 0.3 is 5.97 Å². The van der Waals surface area contributed by atoms with Crippen molar-refractivity contribution in [2.75, 3.05) is 0 Å². The Hall–Kier alpha value is -1.22. The first-order valence-corrected chi connectivity index (χ1v) is 8.87. The van der Waals surface area contributed by atoms with E-state index >= 15 is 0 Å². The summed E-state index contributed by atoms with van der Waals surface area (Å²) in [7, 11) is 0. The maximum Gasteiger partial charge on any atom is 0.309 e. The highest BCUT2D eigenvalue weighted by molar-refractivity contribution is 6.30. The summed E-state index contributed by atoms with van der Waals surface area (Å²) in [6.45, 7) is 5.75. The normalized spacial score (nSPS) is 27.2. The number of rotatable bonds is 1. The molecule has 0 saturated heterocycles. The van der Waals surface area contributed by atoms with Crippen molar-refractivity contribution in [1.29, 1.82) is 0 Å². The van der Waals surface area contributed by atoms with Crippen LogP contribution >= 0.6 is 11.6 Å². The van der Waals surface area contributed by atoms with Gasteiger partial charge in [0.05, 0.1) is 5.92 Å². The van der Waals surface area contributed by atoms with E-state index in [4.69, 9.17) is 21.1 Å². The smallest absolute Gasteiger partial charge is 0.309 e. The summed E-state index contributed by atoms with van der Waals surface area (Å²) in [4.78, 5) is 12.4. The standard InChI is InChI=1S/C19H25ClO3/c1-19(2,3)23-18(21)13-6-4-5-12-9-14-10-15(20)7-8-16(14)22-17(12)11-13/h7-8,10,12-13,17H,4-6,9,11H2,1-3H3/t12-,13?,17+/m0/s1. The molecular formula is C19H25ClO3. The summed E-state index contributed by atoms with van der Waals surface area (Å²) in [5.41, 5.74) is 0.758. The predicted molar refractivity (Wildman–Crippen MR) is 90.9 cm³/mol. The molecule has 0 amide bonds. The monoisotopic (exact) mass is 336 g/mol. The summed E-state index contributed by atoms with van der Waals surface area (Å²) < 4.78 is 11.8. The second-order valence-corrected chi connectivity index (χ2v) is 8.21. The molecule has 1 aromatic carbocycles. The van der Waals surface area contributed by atoms with Crippen LogP contribution in [0.2, 0.25) is 5.02 Å². The molecule has 1 saturated carbocycles. The van der Waals surface area contributed by atoms with Crippen LogP contribution in [0.3, 0.4) is 0 Å². The number of benzene rings is 1. The van der Waals surface area contributed by atoms with Crippen LogP contribution in [0.15, 0.2) is 18.2 Å². The number of ether oxygens (including phenoxy) is 2. The molecule has 1 aromatic rings. The van der Waals surface area contributed by atoms with E-state index in [-0.39, 0.29) is 18.0 Å². The molecule has 1 heterocycles. The minimum absolute atomic E-state index is 0.0573. The molecule has 3 atom stereocenters. The van der Waals surface area contributed by atoms with E-state index in [0.717, 1.165) is 42.9 Å². The summed E-state index contributed by atoms with van der Waals surface area (Å²) in [5.74, 6) is 1.25. The molecule has 0 radical (unpaired) electrons. The van der Waals surface area contributed by atoms with E-state index in [1.165, 1.54) is 5.56 Å². The van der Waals surface area contributed by atoms with Gasteiger partial charge in [0, 0.05) is 10.9 Å². The third kappa shape index (κ3) is 4.00. The SMILES string of the molecule is CC(C)(C)OC(=O)C1CCC[C@H]2Cc3cc(Cl)ccc3O[C@@H]2C1. The Morgan fingerprint density at radius 3 is 2.83 bits per heavy atom. The van der Waals surface area contributed by atoms with Crippen LogP contribution in [0, 0.1) is 11.8 Å². The van der Waals surface area contributed by atoms with Gasteiger partial charge in [0.25, 0.3) is 0 Å². The quantitative estimate of drug-likeness (QED) is 0.691. The lowest BCUT2D eigenvalue weighted by Gasteiger charge is -2.33. The highest BCUT2D eigenvalue weighted by atomic mass is 35.5.